The molecule has 2 amide bonds. The van der Waals surface area contributed by atoms with Gasteiger partial charge in [-0.1, -0.05) is 49.4 Å². The number of ether oxygens (including phenoxy) is 2. The van der Waals surface area contributed by atoms with E-state index >= 15 is 0 Å². The molecule has 0 aromatic heterocycles. The number of hydrogen-bond acceptors (Lipinski definition) is 6. The van der Waals surface area contributed by atoms with Crippen molar-refractivity contribution in [3.8, 4) is 11.5 Å². The number of halogens is 1. The summed E-state index contributed by atoms with van der Waals surface area (Å²) in [6, 6.07) is 26.0. The molecule has 4 aromatic rings. The molecule has 254 valence electrons. The normalized spacial score (nSPS) is 12.4. The first-order valence-electron chi connectivity index (χ1n) is 15.8. The maximum atomic E-state index is 14.6. The van der Waals surface area contributed by atoms with Crippen LogP contribution in [0.3, 0.4) is 0 Å². The molecule has 4 aromatic carbocycles. The number of rotatable bonds is 16. The van der Waals surface area contributed by atoms with Crippen molar-refractivity contribution in [2.75, 3.05) is 24.6 Å². The van der Waals surface area contributed by atoms with Gasteiger partial charge in [-0.3, -0.25) is 13.9 Å². The summed E-state index contributed by atoms with van der Waals surface area (Å²) >= 11 is 0. The monoisotopic (exact) mass is 675 g/mol. The Labute approximate surface area is 282 Å². The Hall–Kier alpha value is -4.90. The highest BCUT2D eigenvalue weighted by molar-refractivity contribution is 7.92. The zero-order valence-electron chi connectivity index (χ0n) is 27.6. The van der Waals surface area contributed by atoms with Crippen LogP contribution in [0.15, 0.2) is 108 Å². The highest BCUT2D eigenvalue weighted by atomic mass is 32.2. The van der Waals surface area contributed by atoms with Gasteiger partial charge in [-0.25, -0.2) is 12.8 Å². The van der Waals surface area contributed by atoms with E-state index in [9.17, 15) is 22.4 Å². The van der Waals surface area contributed by atoms with Gasteiger partial charge in [0.25, 0.3) is 10.0 Å². The summed E-state index contributed by atoms with van der Waals surface area (Å²) in [7, 11) is -2.82. The van der Waals surface area contributed by atoms with Crippen LogP contribution >= 0.6 is 0 Å². The molecule has 0 bridgehead atoms. The van der Waals surface area contributed by atoms with Gasteiger partial charge in [0, 0.05) is 19.0 Å². The predicted octanol–water partition coefficient (Wildman–Crippen LogP) is 5.98. The third kappa shape index (κ3) is 9.34. The lowest BCUT2D eigenvalue weighted by atomic mass is 10.0. The second kappa shape index (κ2) is 16.8. The number of hydrogen-bond donors (Lipinski definition) is 1. The summed E-state index contributed by atoms with van der Waals surface area (Å²) in [4.78, 5) is 29.9. The molecule has 0 aliphatic carbocycles. The molecule has 0 saturated carbocycles. The molecule has 0 heterocycles. The Bertz CT molecular complexity index is 1750. The second-order valence-corrected chi connectivity index (χ2v) is 13.2. The maximum Gasteiger partial charge on any atom is 0.264 e. The van der Waals surface area contributed by atoms with Gasteiger partial charge in [-0.05, 0) is 92.1 Å². The van der Waals surface area contributed by atoms with E-state index in [1.165, 1.54) is 48.4 Å². The molecule has 1 N–H and O–H groups in total. The van der Waals surface area contributed by atoms with Gasteiger partial charge >= 0.3 is 0 Å². The third-order valence-corrected chi connectivity index (χ3v) is 9.66. The van der Waals surface area contributed by atoms with E-state index in [-0.39, 0.29) is 35.5 Å². The van der Waals surface area contributed by atoms with E-state index in [4.69, 9.17) is 9.47 Å². The molecule has 0 unspecified atom stereocenters. The van der Waals surface area contributed by atoms with Gasteiger partial charge in [0.05, 0.1) is 24.3 Å². The number of carbonyl (C=O) groups excluding carboxylic acids is 2. The summed E-state index contributed by atoms with van der Waals surface area (Å²) in [6.07, 6.45) is 0.854. The highest BCUT2D eigenvalue weighted by Crippen LogP contribution is 2.27. The molecule has 0 fully saturated rings. The molecule has 0 saturated heterocycles. The van der Waals surface area contributed by atoms with Gasteiger partial charge in [-0.15, -0.1) is 0 Å². The summed E-state index contributed by atoms with van der Waals surface area (Å²) in [5.74, 6) is -0.507. The summed E-state index contributed by atoms with van der Waals surface area (Å²) in [5.41, 5.74) is 1.59. The molecule has 48 heavy (non-hydrogen) atoms. The average Bonchev–Trinajstić information content (AvgIpc) is 3.09. The van der Waals surface area contributed by atoms with Gasteiger partial charge in [0.2, 0.25) is 11.8 Å². The number of amides is 2. The van der Waals surface area contributed by atoms with E-state index in [0.29, 0.717) is 30.1 Å². The number of nitrogens with zero attached hydrogens (tertiary/aromatic N) is 2. The van der Waals surface area contributed by atoms with Crippen molar-refractivity contribution < 1.29 is 31.9 Å². The van der Waals surface area contributed by atoms with E-state index in [1.54, 1.807) is 18.2 Å². The largest absolute Gasteiger partial charge is 0.497 e. The minimum atomic E-state index is -4.35. The number of nitrogens with one attached hydrogen (secondary N) is 1. The molecule has 0 radical (unpaired) electrons. The fourth-order valence-electron chi connectivity index (χ4n) is 5.10. The molecule has 0 aliphatic rings. The van der Waals surface area contributed by atoms with Crippen LogP contribution in [0.2, 0.25) is 0 Å². The predicted molar refractivity (Wildman–Crippen MR) is 184 cm³/mol. The second-order valence-electron chi connectivity index (χ2n) is 11.3. The van der Waals surface area contributed by atoms with Crippen LogP contribution in [0, 0.1) is 5.82 Å². The number of carbonyl (C=O) groups is 2. The quantitative estimate of drug-likeness (QED) is 0.157. The van der Waals surface area contributed by atoms with Crippen molar-refractivity contribution in [3.05, 3.63) is 120 Å². The fourth-order valence-corrected chi connectivity index (χ4v) is 6.51. The van der Waals surface area contributed by atoms with Crippen molar-refractivity contribution >= 4 is 27.5 Å². The highest BCUT2D eigenvalue weighted by Gasteiger charge is 2.35. The van der Waals surface area contributed by atoms with Crippen LogP contribution in [0.25, 0.3) is 0 Å². The lowest BCUT2D eigenvalue weighted by Crippen LogP contribution is -2.54. The van der Waals surface area contributed by atoms with Crippen LogP contribution in [-0.2, 0) is 32.6 Å². The molecule has 11 heteroatoms. The fraction of sp³-hybridized carbons (Fsp3) is 0.297. The van der Waals surface area contributed by atoms with E-state index in [1.807, 2.05) is 57.2 Å². The van der Waals surface area contributed by atoms with E-state index in [2.05, 4.69) is 5.32 Å². The Morgan fingerprint density at radius 3 is 2.15 bits per heavy atom. The van der Waals surface area contributed by atoms with Gasteiger partial charge in [0.1, 0.15) is 29.9 Å². The average molecular weight is 676 g/mol. The Balaban J connectivity index is 1.80. The zero-order chi connectivity index (χ0) is 34.7. The lowest BCUT2D eigenvalue weighted by Gasteiger charge is -2.34. The number of sulfonamides is 1. The summed E-state index contributed by atoms with van der Waals surface area (Å²) in [6.45, 7) is 5.38. The minimum Gasteiger partial charge on any atom is -0.497 e. The SMILES string of the molecule is CCOc1ccc(S(=O)(=O)N(CC(=O)N(Cc2cccc(OC)c2)[C@H](Cc2ccccc2)C(=O)N[C@H](C)CC)c2ccc(F)cc2)cc1. The minimum absolute atomic E-state index is 0.0121. The third-order valence-electron chi connectivity index (χ3n) is 7.88. The molecule has 0 aliphatic heterocycles. The van der Waals surface area contributed by atoms with Crippen LogP contribution < -0.4 is 19.1 Å². The molecule has 4 rings (SSSR count). The molecule has 9 nitrogen and oxygen atoms in total. The van der Waals surface area contributed by atoms with Gasteiger partial charge in [0.15, 0.2) is 0 Å². The topological polar surface area (TPSA) is 105 Å². The van der Waals surface area contributed by atoms with Crippen LogP contribution in [0.5, 0.6) is 11.5 Å². The van der Waals surface area contributed by atoms with Crippen molar-refractivity contribution in [2.45, 2.75) is 57.1 Å². The Morgan fingerprint density at radius 1 is 0.854 bits per heavy atom. The van der Waals surface area contributed by atoms with Gasteiger partial charge < -0.3 is 19.7 Å². The van der Waals surface area contributed by atoms with Crippen LogP contribution in [0.4, 0.5) is 10.1 Å². The van der Waals surface area contributed by atoms with Crippen molar-refractivity contribution in [3.63, 3.8) is 0 Å². The number of benzene rings is 4. The standard InChI is InChI=1S/C37H42FN3O6S/c1-5-27(3)39-37(43)35(24-28-11-8-7-9-12-28)40(25-29-13-10-14-33(23-29)46-4)36(42)26-41(31-17-15-30(38)16-18-31)48(44,45)34-21-19-32(20-22-34)47-6-2/h7-23,27,35H,5-6,24-26H2,1-4H3,(H,39,43)/t27-,35-/m1/s1. The van der Waals surface area contributed by atoms with Crippen molar-refractivity contribution in [1.82, 2.24) is 10.2 Å². The number of methoxy groups -OCH3 is 1. The molecule has 2 atom stereocenters. The summed E-state index contributed by atoms with van der Waals surface area (Å²) in [5, 5.41) is 3.01. The Kier molecular flexibility index (Phi) is 12.6. The first-order valence-corrected chi connectivity index (χ1v) is 17.3. The zero-order valence-corrected chi connectivity index (χ0v) is 28.5. The van der Waals surface area contributed by atoms with Crippen molar-refractivity contribution in [2.24, 2.45) is 0 Å². The van der Waals surface area contributed by atoms with Gasteiger partial charge in [-0.2, -0.15) is 0 Å². The molecular formula is C37H42FN3O6S. The first kappa shape index (κ1) is 35.9. The smallest absolute Gasteiger partial charge is 0.264 e. The molecule has 0 spiro atoms. The lowest BCUT2D eigenvalue weighted by molar-refractivity contribution is -0.140. The summed E-state index contributed by atoms with van der Waals surface area (Å²) < 4.78 is 54.2. The van der Waals surface area contributed by atoms with E-state index < -0.39 is 34.3 Å². The first-order chi connectivity index (χ1) is 23.0. The Morgan fingerprint density at radius 2 is 1.52 bits per heavy atom. The van der Waals surface area contributed by atoms with Crippen LogP contribution in [0.1, 0.15) is 38.3 Å². The van der Waals surface area contributed by atoms with Crippen molar-refractivity contribution in [1.29, 1.82) is 0 Å². The number of anilines is 1. The molecular weight excluding hydrogens is 633 g/mol. The maximum absolute atomic E-state index is 14.6. The van der Waals surface area contributed by atoms with E-state index in [0.717, 1.165) is 22.0 Å². The van der Waals surface area contributed by atoms with Crippen LogP contribution in [-0.4, -0.2) is 57.5 Å².